The molecule has 0 amide bonds. The van der Waals surface area contributed by atoms with Crippen molar-refractivity contribution in [2.75, 3.05) is 11.5 Å². The number of hydrogen-bond donors (Lipinski definition) is 2. The molecular formula is C10H20O3S2. The Balaban J connectivity index is 2.66. The van der Waals surface area contributed by atoms with Crippen molar-refractivity contribution in [3.63, 3.8) is 0 Å². The van der Waals surface area contributed by atoms with E-state index in [0.29, 0.717) is 12.2 Å². The van der Waals surface area contributed by atoms with Crippen LogP contribution in [0.15, 0.2) is 0 Å². The van der Waals surface area contributed by atoms with E-state index in [9.17, 15) is 14.4 Å². The van der Waals surface area contributed by atoms with E-state index < -0.39 is 26.6 Å². The van der Waals surface area contributed by atoms with Gasteiger partial charge in [-0.15, -0.1) is 11.8 Å². The second-order valence-electron chi connectivity index (χ2n) is 4.76. The average Bonchev–Trinajstić information content (AvgIpc) is 2.09. The fourth-order valence-corrected chi connectivity index (χ4v) is 4.90. The maximum Gasteiger partial charge on any atom is 0.0906 e. The zero-order chi connectivity index (χ0) is 11.7. The minimum atomic E-state index is -1.12. The molecule has 1 aliphatic rings. The first-order chi connectivity index (χ1) is 6.76. The van der Waals surface area contributed by atoms with Crippen molar-refractivity contribution in [1.29, 1.82) is 0 Å². The standard InChI is InChI=1S/C10H20O3S2/c1-9(2,12)8(11)7-10(3)14-5-4-6-15(10)13/h8,11-12H,4-7H2,1-3H3/t8-,10+,15?/m1/s1. The highest BCUT2D eigenvalue weighted by Gasteiger charge is 2.40. The van der Waals surface area contributed by atoms with Gasteiger partial charge in [-0.2, -0.15) is 0 Å². The maximum atomic E-state index is 11.9. The van der Waals surface area contributed by atoms with Crippen LogP contribution in [0.2, 0.25) is 0 Å². The third kappa shape index (κ3) is 3.44. The van der Waals surface area contributed by atoms with Gasteiger partial charge in [-0.25, -0.2) is 0 Å². The van der Waals surface area contributed by atoms with Crippen LogP contribution in [0.1, 0.15) is 33.6 Å². The van der Waals surface area contributed by atoms with Crippen LogP contribution in [0.5, 0.6) is 0 Å². The van der Waals surface area contributed by atoms with Gasteiger partial charge in [0.2, 0.25) is 0 Å². The molecule has 15 heavy (non-hydrogen) atoms. The number of thioether (sulfide) groups is 1. The van der Waals surface area contributed by atoms with Gasteiger partial charge in [0.05, 0.1) is 15.8 Å². The van der Waals surface area contributed by atoms with Gasteiger partial charge in [0.1, 0.15) is 0 Å². The van der Waals surface area contributed by atoms with E-state index in [2.05, 4.69) is 0 Å². The molecule has 90 valence electrons. The van der Waals surface area contributed by atoms with E-state index >= 15 is 0 Å². The van der Waals surface area contributed by atoms with E-state index in [1.54, 1.807) is 25.6 Å². The predicted molar refractivity (Wildman–Crippen MR) is 65.4 cm³/mol. The summed E-state index contributed by atoms with van der Waals surface area (Å²) >= 11 is 1.65. The van der Waals surface area contributed by atoms with Crippen molar-refractivity contribution in [2.24, 2.45) is 0 Å². The first-order valence-electron chi connectivity index (χ1n) is 5.18. The smallest absolute Gasteiger partial charge is 0.0906 e. The lowest BCUT2D eigenvalue weighted by molar-refractivity contribution is -0.0520. The molecule has 3 atom stereocenters. The summed E-state index contributed by atoms with van der Waals surface area (Å²) in [4.78, 5) is 0. The molecule has 0 spiro atoms. The Kier molecular flexibility index (Phi) is 4.26. The molecule has 1 rings (SSSR count). The highest BCUT2D eigenvalue weighted by molar-refractivity contribution is 8.13. The second kappa shape index (κ2) is 4.73. The summed E-state index contributed by atoms with van der Waals surface area (Å²) in [5.41, 5.74) is -1.12. The van der Waals surface area contributed by atoms with Crippen LogP contribution in [0, 0.1) is 0 Å². The molecule has 0 bridgehead atoms. The monoisotopic (exact) mass is 252 g/mol. The molecule has 5 heteroatoms. The first kappa shape index (κ1) is 13.5. The van der Waals surface area contributed by atoms with Crippen LogP contribution in [-0.4, -0.2) is 41.7 Å². The molecule has 1 saturated heterocycles. The van der Waals surface area contributed by atoms with Gasteiger partial charge in [0.15, 0.2) is 0 Å². The Morgan fingerprint density at radius 1 is 1.60 bits per heavy atom. The zero-order valence-corrected chi connectivity index (χ0v) is 11.2. The number of rotatable bonds is 3. The van der Waals surface area contributed by atoms with Gasteiger partial charge < -0.3 is 10.2 Å². The van der Waals surface area contributed by atoms with Crippen LogP contribution in [0.4, 0.5) is 0 Å². The lowest BCUT2D eigenvalue weighted by atomic mass is 9.98. The van der Waals surface area contributed by atoms with Crippen molar-refractivity contribution in [3.8, 4) is 0 Å². The SMILES string of the molecule is CC(C)(O)[C@H](O)C[C@@]1(C)SCCCS1=O. The molecule has 1 unspecified atom stereocenters. The summed E-state index contributed by atoms with van der Waals surface area (Å²) in [6.45, 7) is 5.08. The molecule has 1 fully saturated rings. The number of hydrogen-bond acceptors (Lipinski definition) is 4. The molecule has 1 aliphatic heterocycles. The molecular weight excluding hydrogens is 232 g/mol. The highest BCUT2D eigenvalue weighted by atomic mass is 32.2. The summed E-state index contributed by atoms with van der Waals surface area (Å²) in [6.07, 6.45) is 0.538. The molecule has 0 saturated carbocycles. The summed E-state index contributed by atoms with van der Waals surface area (Å²) in [5.74, 6) is 1.70. The minimum absolute atomic E-state index is 0.383. The second-order valence-corrected chi connectivity index (χ2v) is 8.62. The fraction of sp³-hybridized carbons (Fsp3) is 1.00. The van der Waals surface area contributed by atoms with Crippen molar-refractivity contribution >= 4 is 22.6 Å². The Morgan fingerprint density at radius 2 is 2.20 bits per heavy atom. The van der Waals surface area contributed by atoms with E-state index in [1.807, 2.05) is 6.92 Å². The molecule has 0 aromatic rings. The molecule has 3 nitrogen and oxygen atoms in total. The van der Waals surface area contributed by atoms with Gasteiger partial charge in [-0.05, 0) is 32.9 Å². The van der Waals surface area contributed by atoms with Gasteiger partial charge in [-0.1, -0.05) is 0 Å². The fourth-order valence-electron chi connectivity index (χ4n) is 1.51. The van der Waals surface area contributed by atoms with E-state index in [4.69, 9.17) is 0 Å². The average molecular weight is 252 g/mol. The van der Waals surface area contributed by atoms with Gasteiger partial charge in [-0.3, -0.25) is 4.21 Å². The molecule has 0 aliphatic carbocycles. The van der Waals surface area contributed by atoms with Crippen molar-refractivity contribution in [2.45, 2.75) is 49.4 Å². The van der Waals surface area contributed by atoms with Crippen LogP contribution in [0.25, 0.3) is 0 Å². The Hall–Kier alpha value is 0.420. The number of aliphatic hydroxyl groups excluding tert-OH is 1. The van der Waals surface area contributed by atoms with Crippen LogP contribution in [-0.2, 0) is 10.8 Å². The van der Waals surface area contributed by atoms with E-state index in [-0.39, 0.29) is 0 Å². The first-order valence-corrected chi connectivity index (χ1v) is 7.49. The number of aliphatic hydroxyl groups is 2. The van der Waals surface area contributed by atoms with Crippen LogP contribution < -0.4 is 0 Å². The largest absolute Gasteiger partial charge is 0.390 e. The molecule has 0 radical (unpaired) electrons. The van der Waals surface area contributed by atoms with Gasteiger partial charge in [0.25, 0.3) is 0 Å². The van der Waals surface area contributed by atoms with Gasteiger partial charge >= 0.3 is 0 Å². The normalized spacial score (nSPS) is 35.1. The lowest BCUT2D eigenvalue weighted by Crippen LogP contribution is -2.44. The van der Waals surface area contributed by atoms with Crippen molar-refractivity contribution in [1.82, 2.24) is 0 Å². The van der Waals surface area contributed by atoms with Crippen molar-refractivity contribution in [3.05, 3.63) is 0 Å². The quantitative estimate of drug-likeness (QED) is 0.790. The van der Waals surface area contributed by atoms with E-state index in [1.165, 1.54) is 0 Å². The summed E-state index contributed by atoms with van der Waals surface area (Å²) in [5, 5.41) is 19.5. The molecule has 0 aromatic carbocycles. The van der Waals surface area contributed by atoms with Crippen molar-refractivity contribution < 1.29 is 14.4 Å². The third-order valence-electron chi connectivity index (χ3n) is 2.74. The van der Waals surface area contributed by atoms with Crippen LogP contribution in [0.3, 0.4) is 0 Å². The highest BCUT2D eigenvalue weighted by Crippen LogP contribution is 2.39. The third-order valence-corrected chi connectivity index (χ3v) is 6.71. The Morgan fingerprint density at radius 3 is 2.67 bits per heavy atom. The predicted octanol–water partition coefficient (Wildman–Crippen LogP) is 1.11. The Bertz CT molecular complexity index is 250. The summed E-state index contributed by atoms with van der Waals surface area (Å²) in [6, 6.07) is 0. The summed E-state index contributed by atoms with van der Waals surface area (Å²) < 4.78 is 11.5. The topological polar surface area (TPSA) is 57.5 Å². The zero-order valence-electron chi connectivity index (χ0n) is 9.52. The molecule has 2 N–H and O–H groups in total. The van der Waals surface area contributed by atoms with Gasteiger partial charge in [0, 0.05) is 23.0 Å². The summed E-state index contributed by atoms with van der Waals surface area (Å²) in [7, 11) is -0.907. The minimum Gasteiger partial charge on any atom is -0.390 e. The maximum absolute atomic E-state index is 11.9. The van der Waals surface area contributed by atoms with E-state index in [0.717, 1.165) is 12.2 Å². The Labute approximate surface area is 98.1 Å². The van der Waals surface area contributed by atoms with Crippen LogP contribution >= 0.6 is 11.8 Å². The lowest BCUT2D eigenvalue weighted by Gasteiger charge is -2.36. The molecule has 1 heterocycles. The molecule has 0 aromatic heterocycles.